The second kappa shape index (κ2) is 7.33. The average molecular weight is 335 g/mol. The zero-order chi connectivity index (χ0) is 15.5. The highest BCUT2D eigenvalue weighted by molar-refractivity contribution is 7.97. The molecule has 1 aliphatic rings. The van der Waals surface area contributed by atoms with E-state index in [0.29, 0.717) is 0 Å². The molecule has 6 N–H and O–H groups in total. The van der Waals surface area contributed by atoms with Gasteiger partial charge in [0.15, 0.2) is 5.25 Å². The van der Waals surface area contributed by atoms with E-state index in [2.05, 4.69) is 4.18 Å². The minimum absolute atomic E-state index is 0.0832. The van der Waals surface area contributed by atoms with E-state index in [4.69, 9.17) is 14.8 Å². The van der Waals surface area contributed by atoms with Gasteiger partial charge in [-0.25, -0.2) is 4.18 Å². The average Bonchev–Trinajstić information content (AvgIpc) is 2.60. The van der Waals surface area contributed by atoms with E-state index >= 15 is 0 Å². The summed E-state index contributed by atoms with van der Waals surface area (Å²) in [5, 5.41) is 46.4. The Hall–Kier alpha value is 0.0200. The van der Waals surface area contributed by atoms with Crippen molar-refractivity contribution in [3.05, 3.63) is 0 Å². The van der Waals surface area contributed by atoms with Crippen LogP contribution in [0.15, 0.2) is 0 Å². The third-order valence-electron chi connectivity index (χ3n) is 3.01. The zero-order valence-electron chi connectivity index (χ0n) is 10.4. The Morgan fingerprint density at radius 1 is 1.30 bits per heavy atom. The smallest absolute Gasteiger partial charge is 0.394 e. The molecule has 20 heavy (non-hydrogen) atoms. The second-order valence-electron chi connectivity index (χ2n) is 4.46. The van der Waals surface area contributed by atoms with Crippen molar-refractivity contribution in [2.45, 2.75) is 29.7 Å². The second-order valence-corrected chi connectivity index (χ2v) is 7.86. The first kappa shape index (κ1) is 18.1. The van der Waals surface area contributed by atoms with E-state index in [1.54, 1.807) is 0 Å². The van der Waals surface area contributed by atoms with Crippen LogP contribution >= 0.6 is 0 Å². The fourth-order valence-electron chi connectivity index (χ4n) is 1.99. The summed E-state index contributed by atoms with van der Waals surface area (Å²) in [5.74, 6) is 0.0631. The van der Waals surface area contributed by atoms with Gasteiger partial charge < -0.3 is 25.5 Å². The van der Waals surface area contributed by atoms with Crippen LogP contribution in [0.5, 0.6) is 0 Å². The van der Waals surface area contributed by atoms with Crippen molar-refractivity contribution in [2.75, 3.05) is 24.7 Å². The lowest BCUT2D eigenvalue weighted by molar-refractivity contribution is 0.0112. The van der Waals surface area contributed by atoms with Crippen molar-refractivity contribution < 1.29 is 42.7 Å². The largest absolute Gasteiger partial charge is 0.397 e. The Kier molecular flexibility index (Phi) is 6.63. The molecule has 1 fully saturated rings. The maximum Gasteiger partial charge on any atom is 0.397 e. The van der Waals surface area contributed by atoms with Gasteiger partial charge in [0.2, 0.25) is 0 Å². The molecule has 1 saturated heterocycles. The van der Waals surface area contributed by atoms with E-state index in [1.807, 2.05) is 0 Å². The van der Waals surface area contributed by atoms with Crippen LogP contribution in [0, 0.1) is 0 Å². The van der Waals surface area contributed by atoms with Crippen LogP contribution in [0.25, 0.3) is 0 Å². The van der Waals surface area contributed by atoms with Gasteiger partial charge in [0.25, 0.3) is 0 Å². The molecule has 0 aromatic rings. The molecule has 1 heterocycles. The molecule has 1 unspecified atom stereocenters. The Balaban J connectivity index is 2.66. The van der Waals surface area contributed by atoms with Crippen LogP contribution in [0.1, 0.15) is 0 Å². The van der Waals surface area contributed by atoms with Crippen molar-refractivity contribution >= 4 is 21.3 Å². The van der Waals surface area contributed by atoms with Gasteiger partial charge in [-0.05, 0) is 0 Å². The fourth-order valence-corrected chi connectivity index (χ4v) is 5.20. The van der Waals surface area contributed by atoms with Crippen molar-refractivity contribution in [3.8, 4) is 0 Å². The van der Waals surface area contributed by atoms with Crippen molar-refractivity contribution in [3.63, 3.8) is 0 Å². The molecule has 0 aromatic carbocycles. The Morgan fingerprint density at radius 3 is 2.35 bits per heavy atom. The van der Waals surface area contributed by atoms with Crippen LogP contribution in [0.2, 0.25) is 0 Å². The summed E-state index contributed by atoms with van der Waals surface area (Å²) in [5.41, 5.74) is 0. The molecule has 1 aliphatic heterocycles. The molecule has 0 saturated carbocycles. The molecule has 0 aliphatic carbocycles. The first-order chi connectivity index (χ1) is 9.19. The molecule has 0 bridgehead atoms. The standard InChI is InChI=1S/C9H18O9S2/c10-1-7(18-20(15,16)17)5(12)3-19-4-6(13)9(14)8(19)2-11/h5-14H,1-4H2/p+1/t5-,6-,7+,8+,9+,19?/m1/s1. The topological polar surface area (TPSA) is 165 Å². The van der Waals surface area contributed by atoms with E-state index in [1.165, 1.54) is 0 Å². The molecule has 1 rings (SSSR count). The monoisotopic (exact) mass is 335 g/mol. The summed E-state index contributed by atoms with van der Waals surface area (Å²) >= 11 is 0. The molecular formula is C9H19O9S2+. The number of aliphatic hydroxyl groups excluding tert-OH is 5. The van der Waals surface area contributed by atoms with Gasteiger partial charge >= 0.3 is 10.4 Å². The molecule has 6 atom stereocenters. The van der Waals surface area contributed by atoms with Crippen molar-refractivity contribution in [2.24, 2.45) is 0 Å². The maximum atomic E-state index is 10.6. The maximum absolute atomic E-state index is 10.6. The minimum atomic E-state index is -4.82. The van der Waals surface area contributed by atoms with Gasteiger partial charge in [-0.3, -0.25) is 4.55 Å². The summed E-state index contributed by atoms with van der Waals surface area (Å²) in [6.45, 7) is -1.23. The van der Waals surface area contributed by atoms with Gasteiger partial charge in [0.05, 0.1) is 13.2 Å². The fraction of sp³-hybridized carbons (Fsp3) is 1.00. The predicted octanol–water partition coefficient (Wildman–Crippen LogP) is -3.76. The van der Waals surface area contributed by atoms with Crippen LogP contribution in [0.4, 0.5) is 0 Å². The third-order valence-corrected chi connectivity index (χ3v) is 6.32. The van der Waals surface area contributed by atoms with E-state index in [9.17, 15) is 23.7 Å². The lowest BCUT2D eigenvalue weighted by atomic mass is 10.2. The summed E-state index contributed by atoms with van der Waals surface area (Å²) in [4.78, 5) is 0. The van der Waals surface area contributed by atoms with Crippen LogP contribution in [0.3, 0.4) is 0 Å². The molecule has 9 nitrogen and oxygen atoms in total. The van der Waals surface area contributed by atoms with Crippen LogP contribution < -0.4 is 0 Å². The van der Waals surface area contributed by atoms with Gasteiger partial charge in [0, 0.05) is 10.9 Å². The Labute approximate surface area is 119 Å². The minimum Gasteiger partial charge on any atom is -0.394 e. The van der Waals surface area contributed by atoms with Gasteiger partial charge in [-0.2, -0.15) is 8.42 Å². The van der Waals surface area contributed by atoms with Gasteiger partial charge in [-0.15, -0.1) is 0 Å². The molecule has 120 valence electrons. The van der Waals surface area contributed by atoms with Crippen molar-refractivity contribution in [1.82, 2.24) is 0 Å². The zero-order valence-corrected chi connectivity index (χ0v) is 12.1. The Bertz CT molecular complexity index is 400. The predicted molar refractivity (Wildman–Crippen MR) is 69.5 cm³/mol. The summed E-state index contributed by atoms with van der Waals surface area (Å²) in [6, 6.07) is 0. The van der Waals surface area contributed by atoms with E-state index < -0.39 is 64.2 Å². The number of rotatable bonds is 7. The highest BCUT2D eigenvalue weighted by Gasteiger charge is 2.50. The number of hydrogen-bond donors (Lipinski definition) is 6. The van der Waals surface area contributed by atoms with E-state index in [0.717, 1.165) is 0 Å². The lowest BCUT2D eigenvalue weighted by Gasteiger charge is -2.20. The molecule has 0 radical (unpaired) electrons. The summed E-state index contributed by atoms with van der Waals surface area (Å²) < 4.78 is 33.8. The molecule has 0 spiro atoms. The third kappa shape index (κ3) is 4.79. The number of aliphatic hydroxyl groups is 5. The molecule has 0 amide bonds. The van der Waals surface area contributed by atoms with E-state index in [-0.39, 0.29) is 11.5 Å². The van der Waals surface area contributed by atoms with Gasteiger partial charge in [-0.1, -0.05) is 0 Å². The molecular weight excluding hydrogens is 316 g/mol. The first-order valence-electron chi connectivity index (χ1n) is 5.77. The Morgan fingerprint density at radius 2 is 1.90 bits per heavy atom. The van der Waals surface area contributed by atoms with Crippen molar-refractivity contribution in [1.29, 1.82) is 0 Å². The normalized spacial score (nSPS) is 34.1. The first-order valence-corrected chi connectivity index (χ1v) is 8.76. The highest BCUT2D eigenvalue weighted by atomic mass is 32.3. The van der Waals surface area contributed by atoms with Crippen LogP contribution in [-0.4, -0.2) is 92.9 Å². The molecule has 0 aromatic heterocycles. The summed E-state index contributed by atoms with van der Waals surface area (Å²) in [7, 11) is -5.59. The quantitative estimate of drug-likeness (QED) is 0.202. The lowest BCUT2D eigenvalue weighted by Crippen LogP contribution is -2.42. The van der Waals surface area contributed by atoms with Crippen LogP contribution in [-0.2, 0) is 25.5 Å². The summed E-state index contributed by atoms with van der Waals surface area (Å²) in [6.07, 6.45) is -5.13. The SMILES string of the molecule is O=S(=O)(O)O[C@@H](CO)[C@H](O)C[S+]1C[C@@H](O)[C@H](O)[C@@H]1CO. The highest BCUT2D eigenvalue weighted by Crippen LogP contribution is 2.25. The molecule has 11 heteroatoms. The number of hydrogen-bond acceptors (Lipinski definition) is 8. The van der Waals surface area contributed by atoms with Gasteiger partial charge in [0.1, 0.15) is 35.9 Å².